The van der Waals surface area contributed by atoms with Gasteiger partial charge in [-0.2, -0.15) is 0 Å². The normalized spacial score (nSPS) is 14.2. The van der Waals surface area contributed by atoms with Crippen molar-refractivity contribution >= 4 is 39.5 Å². The Morgan fingerprint density at radius 2 is 0.515 bits per heavy atom. The first-order valence-electron chi connectivity index (χ1n) is 41.5. The van der Waals surface area contributed by atoms with Gasteiger partial charge in [0.25, 0.3) is 0 Å². The maximum atomic E-state index is 13.1. The van der Waals surface area contributed by atoms with E-state index in [9.17, 15) is 43.2 Å². The van der Waals surface area contributed by atoms with Crippen molar-refractivity contribution in [3.63, 3.8) is 0 Å². The summed E-state index contributed by atoms with van der Waals surface area (Å²) >= 11 is 0. The molecule has 588 valence electrons. The number of phosphoric ester groups is 2. The number of aliphatic hydroxyl groups is 1. The summed E-state index contributed by atoms with van der Waals surface area (Å²) < 4.78 is 68.6. The molecule has 19 heteroatoms. The summed E-state index contributed by atoms with van der Waals surface area (Å²) in [7, 11) is -9.91. The van der Waals surface area contributed by atoms with E-state index in [0.29, 0.717) is 25.7 Å². The summed E-state index contributed by atoms with van der Waals surface area (Å²) in [4.78, 5) is 72.9. The molecular weight excluding hydrogens is 1290 g/mol. The van der Waals surface area contributed by atoms with Crippen LogP contribution in [-0.4, -0.2) is 96.7 Å². The van der Waals surface area contributed by atoms with Crippen molar-refractivity contribution in [1.29, 1.82) is 0 Å². The third kappa shape index (κ3) is 72.8. The number of aliphatic hydroxyl groups excluding tert-OH is 1. The topological polar surface area (TPSA) is 237 Å². The van der Waals surface area contributed by atoms with E-state index in [-0.39, 0.29) is 25.7 Å². The van der Waals surface area contributed by atoms with Gasteiger partial charge in [-0.25, -0.2) is 9.13 Å². The van der Waals surface area contributed by atoms with E-state index in [0.717, 1.165) is 102 Å². The van der Waals surface area contributed by atoms with Crippen molar-refractivity contribution in [2.24, 2.45) is 11.8 Å². The molecule has 0 aliphatic heterocycles. The Balaban J connectivity index is 5.20. The van der Waals surface area contributed by atoms with Crippen LogP contribution in [0.4, 0.5) is 0 Å². The number of carbonyl (C=O) groups is 4. The molecule has 0 fully saturated rings. The molecule has 3 N–H and O–H groups in total. The summed E-state index contributed by atoms with van der Waals surface area (Å²) in [5, 5.41) is 10.6. The quantitative estimate of drug-likeness (QED) is 0.0222. The number of ether oxygens (including phenoxy) is 4. The Morgan fingerprint density at radius 1 is 0.293 bits per heavy atom. The summed E-state index contributed by atoms with van der Waals surface area (Å²) in [6, 6.07) is 0. The molecule has 6 atom stereocenters. The summed E-state index contributed by atoms with van der Waals surface area (Å²) in [5.41, 5.74) is 0. The van der Waals surface area contributed by atoms with Crippen LogP contribution in [0, 0.1) is 11.8 Å². The lowest BCUT2D eigenvalue weighted by Crippen LogP contribution is -2.30. The van der Waals surface area contributed by atoms with Crippen LogP contribution in [0.3, 0.4) is 0 Å². The van der Waals surface area contributed by atoms with Crippen LogP contribution in [0.25, 0.3) is 0 Å². The number of hydrogen-bond acceptors (Lipinski definition) is 15. The minimum Gasteiger partial charge on any atom is -0.462 e. The minimum atomic E-state index is -4.96. The fourth-order valence-electron chi connectivity index (χ4n) is 12.3. The van der Waals surface area contributed by atoms with E-state index in [2.05, 4.69) is 41.5 Å². The van der Waals surface area contributed by atoms with Crippen LogP contribution in [0.2, 0.25) is 0 Å². The van der Waals surface area contributed by atoms with Gasteiger partial charge in [0.15, 0.2) is 12.2 Å². The van der Waals surface area contributed by atoms with Crippen LogP contribution in [-0.2, 0) is 65.4 Å². The first-order valence-corrected chi connectivity index (χ1v) is 44.5. The molecular formula is C80H156O17P2. The number of carbonyl (C=O) groups excluding carboxylic acids is 4. The lowest BCUT2D eigenvalue weighted by molar-refractivity contribution is -0.161. The van der Waals surface area contributed by atoms with Crippen LogP contribution < -0.4 is 0 Å². The number of esters is 4. The molecule has 17 nitrogen and oxygen atoms in total. The van der Waals surface area contributed by atoms with Crippen molar-refractivity contribution in [3.8, 4) is 0 Å². The highest BCUT2D eigenvalue weighted by atomic mass is 31.2. The zero-order valence-corrected chi connectivity index (χ0v) is 66.6. The molecule has 0 saturated carbocycles. The van der Waals surface area contributed by atoms with Gasteiger partial charge in [0.05, 0.1) is 26.4 Å². The van der Waals surface area contributed by atoms with Crippen LogP contribution in [0.1, 0.15) is 420 Å². The average Bonchev–Trinajstić information content (AvgIpc) is 1.02. The summed E-state index contributed by atoms with van der Waals surface area (Å²) in [6.45, 7) is 9.64. The van der Waals surface area contributed by atoms with Gasteiger partial charge in [-0.3, -0.25) is 37.3 Å². The van der Waals surface area contributed by atoms with Gasteiger partial charge in [-0.05, 0) is 37.5 Å². The Kier molecular flexibility index (Phi) is 70.3. The third-order valence-corrected chi connectivity index (χ3v) is 21.0. The molecule has 0 aromatic heterocycles. The van der Waals surface area contributed by atoms with Crippen molar-refractivity contribution in [2.75, 3.05) is 39.6 Å². The third-order valence-electron chi connectivity index (χ3n) is 19.1. The second kappa shape index (κ2) is 71.7. The monoisotopic (exact) mass is 1450 g/mol. The minimum absolute atomic E-state index is 0.105. The molecule has 0 bridgehead atoms. The zero-order chi connectivity index (χ0) is 72.8. The molecule has 0 spiro atoms. The molecule has 0 amide bonds. The Hall–Kier alpha value is -1.94. The lowest BCUT2D eigenvalue weighted by Gasteiger charge is -2.21. The predicted molar refractivity (Wildman–Crippen MR) is 405 cm³/mol. The second-order valence-corrected chi connectivity index (χ2v) is 32.4. The van der Waals surface area contributed by atoms with Crippen LogP contribution >= 0.6 is 15.6 Å². The molecule has 0 aromatic carbocycles. The fourth-order valence-corrected chi connectivity index (χ4v) is 13.9. The molecule has 0 saturated heterocycles. The van der Waals surface area contributed by atoms with Gasteiger partial charge < -0.3 is 33.8 Å². The maximum absolute atomic E-state index is 13.1. The molecule has 0 radical (unpaired) electrons. The number of hydrogen-bond donors (Lipinski definition) is 3. The van der Waals surface area contributed by atoms with Gasteiger partial charge in [0.2, 0.25) is 0 Å². The molecule has 0 aliphatic rings. The smallest absolute Gasteiger partial charge is 0.462 e. The molecule has 0 aromatic rings. The van der Waals surface area contributed by atoms with Gasteiger partial charge in [-0.1, -0.05) is 369 Å². The standard InChI is InChI=1S/C80H156O17P2/c1-7-10-12-14-16-18-20-21-22-28-31-34-38-45-51-57-63-78(83)91-68-75(96-79(84)64-58-52-46-39-35-32-29-26-24-23-25-27-30-33-36-43-49-55-61-73(6)9-3)70-94-98(86,87)92-66-74(81)67-93-99(88,89)95-71-76(69-90-77(82)62-56-50-44-37-19-17-15-13-11-8-2)97-80(85)65-59-53-47-41-40-42-48-54-60-72(4)5/h72-76,81H,7-71H2,1-6H3,(H,86,87)(H,88,89)/t73?,74-,75-,76-/m1/s1. The van der Waals surface area contributed by atoms with Gasteiger partial charge >= 0.3 is 39.5 Å². The van der Waals surface area contributed by atoms with E-state index in [1.165, 1.54) is 238 Å². The van der Waals surface area contributed by atoms with E-state index in [1.807, 2.05) is 0 Å². The Labute approximate surface area is 607 Å². The number of phosphoric acid groups is 2. The van der Waals surface area contributed by atoms with E-state index in [1.54, 1.807) is 0 Å². The Bertz CT molecular complexity index is 1910. The van der Waals surface area contributed by atoms with Gasteiger partial charge in [0, 0.05) is 25.7 Å². The first kappa shape index (κ1) is 97.1. The molecule has 99 heavy (non-hydrogen) atoms. The van der Waals surface area contributed by atoms with Crippen molar-refractivity contribution in [1.82, 2.24) is 0 Å². The lowest BCUT2D eigenvalue weighted by atomic mass is 9.99. The van der Waals surface area contributed by atoms with E-state index < -0.39 is 97.5 Å². The zero-order valence-electron chi connectivity index (χ0n) is 64.8. The largest absolute Gasteiger partial charge is 0.472 e. The van der Waals surface area contributed by atoms with Crippen LogP contribution in [0.15, 0.2) is 0 Å². The predicted octanol–water partition coefficient (Wildman–Crippen LogP) is 23.9. The SMILES string of the molecule is CCCCCCCCCCCCCCCCCCC(=O)OC[C@H](COP(=O)(O)OC[C@@H](O)COP(=O)(O)OC[C@@H](COC(=O)CCCCCCCCCCCC)OC(=O)CCCCCCCCCCC(C)C)OC(=O)CCCCCCCCCCCCCCCCCCCCC(C)CC. The van der Waals surface area contributed by atoms with E-state index >= 15 is 0 Å². The molecule has 3 unspecified atom stereocenters. The maximum Gasteiger partial charge on any atom is 0.472 e. The van der Waals surface area contributed by atoms with E-state index in [4.69, 9.17) is 37.0 Å². The van der Waals surface area contributed by atoms with Crippen molar-refractivity contribution in [2.45, 2.75) is 439 Å². The van der Waals surface area contributed by atoms with Gasteiger partial charge in [-0.15, -0.1) is 0 Å². The Morgan fingerprint density at radius 3 is 0.768 bits per heavy atom. The average molecular weight is 1450 g/mol. The molecule has 0 rings (SSSR count). The molecule has 0 aliphatic carbocycles. The fraction of sp³-hybridized carbons (Fsp3) is 0.950. The highest BCUT2D eigenvalue weighted by Crippen LogP contribution is 2.45. The molecule has 0 heterocycles. The van der Waals surface area contributed by atoms with Gasteiger partial charge in [0.1, 0.15) is 19.3 Å². The first-order chi connectivity index (χ1) is 47.9. The van der Waals surface area contributed by atoms with Crippen LogP contribution in [0.5, 0.6) is 0 Å². The van der Waals surface area contributed by atoms with Crippen molar-refractivity contribution in [3.05, 3.63) is 0 Å². The highest BCUT2D eigenvalue weighted by Gasteiger charge is 2.30. The summed E-state index contributed by atoms with van der Waals surface area (Å²) in [5.74, 6) is -0.523. The number of unbranched alkanes of at least 4 members (excludes halogenated alkanes) is 48. The summed E-state index contributed by atoms with van der Waals surface area (Å²) in [6.07, 6.45) is 61.1. The van der Waals surface area contributed by atoms with Crippen molar-refractivity contribution < 1.29 is 80.2 Å². The highest BCUT2D eigenvalue weighted by molar-refractivity contribution is 7.47. The second-order valence-electron chi connectivity index (χ2n) is 29.5. The number of rotatable bonds is 79.